The number of amides is 1. The number of hydrogen-bond donors (Lipinski definition) is 0. The van der Waals surface area contributed by atoms with Crippen LogP contribution in [0.2, 0.25) is 5.02 Å². The molecule has 0 N–H and O–H groups in total. The average Bonchev–Trinajstić information content (AvgIpc) is 2.60. The lowest BCUT2D eigenvalue weighted by atomic mass is 10.2. The molecule has 0 radical (unpaired) electrons. The Bertz CT molecular complexity index is 869. The number of hydrogen-bond acceptors (Lipinski definition) is 4. The van der Waals surface area contributed by atoms with Crippen LogP contribution < -0.4 is 9.04 Å². The molecule has 0 heterocycles. The minimum atomic E-state index is -3.63. The number of halogens is 1. The Kier molecular flexibility index (Phi) is 6.50. The monoisotopic (exact) mass is 396 g/mol. The third kappa shape index (κ3) is 5.12. The van der Waals surface area contributed by atoms with Gasteiger partial charge < -0.3 is 9.64 Å². The van der Waals surface area contributed by atoms with Crippen molar-refractivity contribution >= 4 is 33.2 Å². The SMILES string of the molecule is COc1ccccc1CN(C)C(=O)CN(c1ccc(Cl)cc1)S(C)(=O)=O. The van der Waals surface area contributed by atoms with E-state index in [1.807, 2.05) is 24.3 Å². The molecule has 140 valence electrons. The third-order valence-electron chi connectivity index (χ3n) is 3.82. The number of methoxy groups -OCH3 is 1. The molecule has 6 nitrogen and oxygen atoms in total. The number of ether oxygens (including phenoxy) is 1. The fourth-order valence-corrected chi connectivity index (χ4v) is 3.40. The van der Waals surface area contributed by atoms with Crippen molar-refractivity contribution < 1.29 is 17.9 Å². The summed E-state index contributed by atoms with van der Waals surface area (Å²) < 4.78 is 30.6. The van der Waals surface area contributed by atoms with E-state index in [0.29, 0.717) is 23.0 Å². The number of para-hydroxylation sites is 1. The van der Waals surface area contributed by atoms with Gasteiger partial charge in [0.15, 0.2) is 0 Å². The zero-order valence-electron chi connectivity index (χ0n) is 14.8. The van der Waals surface area contributed by atoms with Crippen molar-refractivity contribution in [3.63, 3.8) is 0 Å². The van der Waals surface area contributed by atoms with E-state index in [1.54, 1.807) is 38.4 Å². The molecule has 0 aliphatic rings. The molecule has 26 heavy (non-hydrogen) atoms. The highest BCUT2D eigenvalue weighted by Crippen LogP contribution is 2.22. The Hall–Kier alpha value is -2.25. The second kappa shape index (κ2) is 8.42. The summed E-state index contributed by atoms with van der Waals surface area (Å²) in [5, 5.41) is 0.488. The van der Waals surface area contributed by atoms with Gasteiger partial charge in [-0.15, -0.1) is 0 Å². The van der Waals surface area contributed by atoms with E-state index in [2.05, 4.69) is 0 Å². The smallest absolute Gasteiger partial charge is 0.243 e. The Balaban J connectivity index is 2.17. The molecule has 0 aliphatic heterocycles. The lowest BCUT2D eigenvalue weighted by Crippen LogP contribution is -2.41. The number of rotatable bonds is 7. The predicted octanol–water partition coefficient (Wildman–Crippen LogP) is 2.77. The molecule has 0 aliphatic carbocycles. The number of anilines is 1. The van der Waals surface area contributed by atoms with E-state index in [0.717, 1.165) is 16.1 Å². The van der Waals surface area contributed by atoms with E-state index >= 15 is 0 Å². The number of nitrogens with zero attached hydrogens (tertiary/aromatic N) is 2. The highest BCUT2D eigenvalue weighted by molar-refractivity contribution is 7.92. The average molecular weight is 397 g/mol. The van der Waals surface area contributed by atoms with Crippen LogP contribution in [-0.2, 0) is 21.4 Å². The maximum atomic E-state index is 12.6. The van der Waals surface area contributed by atoms with Gasteiger partial charge in [0.1, 0.15) is 12.3 Å². The van der Waals surface area contributed by atoms with Gasteiger partial charge in [0.05, 0.1) is 19.1 Å². The summed E-state index contributed by atoms with van der Waals surface area (Å²) in [6.07, 6.45) is 1.06. The number of carbonyl (C=O) groups is 1. The molecular formula is C18H21ClN2O4S. The van der Waals surface area contributed by atoms with Crippen molar-refractivity contribution in [2.45, 2.75) is 6.54 Å². The fourth-order valence-electron chi connectivity index (χ4n) is 2.43. The Labute approximate surface area is 159 Å². The Morgan fingerprint density at radius 2 is 1.73 bits per heavy atom. The highest BCUT2D eigenvalue weighted by Gasteiger charge is 2.23. The second-order valence-electron chi connectivity index (χ2n) is 5.81. The molecule has 0 fully saturated rings. The first-order valence-corrected chi connectivity index (χ1v) is 10.0. The molecule has 0 saturated carbocycles. The summed E-state index contributed by atoms with van der Waals surface area (Å²) in [7, 11) is -0.443. The first-order valence-electron chi connectivity index (χ1n) is 7.81. The van der Waals surface area contributed by atoms with Crippen molar-refractivity contribution in [3.8, 4) is 5.75 Å². The molecule has 0 bridgehead atoms. The van der Waals surface area contributed by atoms with Crippen LogP contribution in [0.3, 0.4) is 0 Å². The van der Waals surface area contributed by atoms with Crippen LogP contribution >= 0.6 is 11.6 Å². The fraction of sp³-hybridized carbons (Fsp3) is 0.278. The lowest BCUT2D eigenvalue weighted by Gasteiger charge is -2.25. The minimum Gasteiger partial charge on any atom is -0.496 e. The second-order valence-corrected chi connectivity index (χ2v) is 8.15. The summed E-state index contributed by atoms with van der Waals surface area (Å²) >= 11 is 5.85. The standard InChI is InChI=1S/C18H21ClN2O4S/c1-20(12-14-6-4-5-7-17(14)25-2)18(22)13-21(26(3,23)24)16-10-8-15(19)9-11-16/h4-11H,12-13H2,1-3H3. The molecule has 2 aromatic carbocycles. The highest BCUT2D eigenvalue weighted by atomic mass is 35.5. The van der Waals surface area contributed by atoms with Crippen LogP contribution in [0.1, 0.15) is 5.56 Å². The molecular weight excluding hydrogens is 376 g/mol. The Morgan fingerprint density at radius 1 is 1.12 bits per heavy atom. The topological polar surface area (TPSA) is 66.9 Å². The van der Waals surface area contributed by atoms with E-state index in [1.165, 1.54) is 4.90 Å². The molecule has 0 saturated heterocycles. The molecule has 0 spiro atoms. The van der Waals surface area contributed by atoms with Crippen molar-refractivity contribution in [1.29, 1.82) is 0 Å². The first kappa shape index (κ1) is 20.1. The van der Waals surface area contributed by atoms with E-state index in [4.69, 9.17) is 16.3 Å². The molecule has 2 rings (SSSR count). The van der Waals surface area contributed by atoms with Gasteiger partial charge >= 0.3 is 0 Å². The summed E-state index contributed by atoms with van der Waals surface area (Å²) in [5.41, 5.74) is 1.22. The molecule has 8 heteroatoms. The Morgan fingerprint density at radius 3 is 2.31 bits per heavy atom. The minimum absolute atomic E-state index is 0.299. The van der Waals surface area contributed by atoms with E-state index < -0.39 is 10.0 Å². The van der Waals surface area contributed by atoms with Gasteiger partial charge in [-0.25, -0.2) is 8.42 Å². The van der Waals surface area contributed by atoms with Crippen LogP contribution in [-0.4, -0.2) is 46.2 Å². The largest absolute Gasteiger partial charge is 0.496 e. The van der Waals surface area contributed by atoms with Crippen LogP contribution in [0.4, 0.5) is 5.69 Å². The predicted molar refractivity (Wildman–Crippen MR) is 103 cm³/mol. The lowest BCUT2D eigenvalue weighted by molar-refractivity contribution is -0.128. The van der Waals surface area contributed by atoms with Gasteiger partial charge in [-0.3, -0.25) is 9.10 Å². The van der Waals surface area contributed by atoms with Crippen LogP contribution in [0.15, 0.2) is 48.5 Å². The number of likely N-dealkylation sites (N-methyl/N-ethyl adjacent to an activating group) is 1. The first-order chi connectivity index (χ1) is 12.2. The normalized spacial score (nSPS) is 11.1. The van der Waals surface area contributed by atoms with Crippen molar-refractivity contribution in [1.82, 2.24) is 4.90 Å². The van der Waals surface area contributed by atoms with Crippen molar-refractivity contribution in [3.05, 3.63) is 59.1 Å². The van der Waals surface area contributed by atoms with Crippen molar-refractivity contribution in [2.75, 3.05) is 31.3 Å². The maximum absolute atomic E-state index is 12.6. The van der Waals surface area contributed by atoms with E-state index in [-0.39, 0.29) is 12.5 Å². The molecule has 2 aromatic rings. The van der Waals surface area contributed by atoms with Crippen LogP contribution in [0.5, 0.6) is 5.75 Å². The summed E-state index contributed by atoms with van der Waals surface area (Å²) in [4.78, 5) is 14.1. The zero-order valence-corrected chi connectivity index (χ0v) is 16.4. The van der Waals surface area contributed by atoms with Gasteiger partial charge in [0, 0.05) is 24.2 Å². The van der Waals surface area contributed by atoms with Gasteiger partial charge in [-0.2, -0.15) is 0 Å². The number of benzene rings is 2. The van der Waals surface area contributed by atoms with Crippen molar-refractivity contribution in [2.24, 2.45) is 0 Å². The zero-order chi connectivity index (χ0) is 19.3. The summed E-state index contributed by atoms with van der Waals surface area (Å²) in [6.45, 7) is 0.00712. The number of sulfonamides is 1. The molecule has 0 unspecified atom stereocenters. The third-order valence-corrected chi connectivity index (χ3v) is 5.21. The molecule has 0 aromatic heterocycles. The van der Waals surface area contributed by atoms with Gasteiger partial charge in [-0.05, 0) is 30.3 Å². The van der Waals surface area contributed by atoms with Gasteiger partial charge in [0.2, 0.25) is 15.9 Å². The van der Waals surface area contributed by atoms with Gasteiger partial charge in [0.25, 0.3) is 0 Å². The van der Waals surface area contributed by atoms with Gasteiger partial charge in [-0.1, -0.05) is 29.8 Å². The van der Waals surface area contributed by atoms with Crippen LogP contribution in [0.25, 0.3) is 0 Å². The maximum Gasteiger partial charge on any atom is 0.243 e. The molecule has 0 atom stereocenters. The quantitative estimate of drug-likeness (QED) is 0.721. The summed E-state index contributed by atoms with van der Waals surface area (Å²) in [6, 6.07) is 13.7. The summed E-state index contributed by atoms with van der Waals surface area (Å²) in [5.74, 6) is 0.334. The molecule has 1 amide bonds. The van der Waals surface area contributed by atoms with Crippen LogP contribution in [0, 0.1) is 0 Å². The van der Waals surface area contributed by atoms with E-state index in [9.17, 15) is 13.2 Å². The number of carbonyl (C=O) groups excluding carboxylic acids is 1.